The zero-order valence-corrected chi connectivity index (χ0v) is 11.8. The largest absolute Gasteiger partial charge is 0.300 e. The van der Waals surface area contributed by atoms with Gasteiger partial charge in [0.25, 0.3) is 0 Å². The Morgan fingerprint density at radius 3 is 2.83 bits per heavy atom. The fraction of sp³-hybridized carbons (Fsp3) is 0.769. The minimum absolute atomic E-state index is 0.128. The number of nitrogens with one attached hydrogen (secondary N) is 1. The van der Waals surface area contributed by atoms with Crippen LogP contribution < -0.4 is 5.32 Å². The second-order valence-corrected chi connectivity index (χ2v) is 5.99. The number of anilines is 1. The number of carbonyl (C=O) groups is 1. The van der Waals surface area contributed by atoms with E-state index in [4.69, 9.17) is 0 Å². The summed E-state index contributed by atoms with van der Waals surface area (Å²) in [7, 11) is 0. The summed E-state index contributed by atoms with van der Waals surface area (Å²) < 4.78 is 0. The van der Waals surface area contributed by atoms with Crippen molar-refractivity contribution >= 4 is 22.4 Å². The predicted octanol–water partition coefficient (Wildman–Crippen LogP) is 3.40. The van der Waals surface area contributed by atoms with Gasteiger partial charge in [0.1, 0.15) is 5.01 Å². The van der Waals surface area contributed by atoms with E-state index in [0.717, 1.165) is 30.7 Å². The number of rotatable bonds is 6. The van der Waals surface area contributed by atoms with Crippen LogP contribution in [0.25, 0.3) is 0 Å². The average Bonchev–Trinajstić information content (AvgIpc) is 3.00. The second-order valence-electron chi connectivity index (χ2n) is 4.93. The Balaban J connectivity index is 1.80. The number of hydrogen-bond acceptors (Lipinski definition) is 4. The molecule has 2 rings (SSSR count). The molecule has 0 radical (unpaired) electrons. The van der Waals surface area contributed by atoms with Crippen molar-refractivity contribution < 1.29 is 4.79 Å². The summed E-state index contributed by atoms with van der Waals surface area (Å²) in [5, 5.41) is 12.8. The molecule has 0 saturated heterocycles. The van der Waals surface area contributed by atoms with Crippen LogP contribution in [0.3, 0.4) is 0 Å². The molecule has 1 amide bonds. The molecule has 0 atom stereocenters. The number of hydrogen-bond donors (Lipinski definition) is 1. The molecule has 1 N–H and O–H groups in total. The van der Waals surface area contributed by atoms with Crippen LogP contribution in [0, 0.1) is 5.92 Å². The zero-order valence-electron chi connectivity index (χ0n) is 10.9. The highest BCUT2D eigenvalue weighted by atomic mass is 32.1. The monoisotopic (exact) mass is 267 g/mol. The Labute approximate surface area is 112 Å². The van der Waals surface area contributed by atoms with Gasteiger partial charge in [0.2, 0.25) is 11.0 Å². The van der Waals surface area contributed by atoms with Gasteiger partial charge in [-0.1, -0.05) is 43.9 Å². The third-order valence-electron chi connectivity index (χ3n) is 3.42. The lowest BCUT2D eigenvalue weighted by molar-refractivity contribution is -0.119. The van der Waals surface area contributed by atoms with E-state index < -0.39 is 0 Å². The minimum Gasteiger partial charge on any atom is -0.300 e. The van der Waals surface area contributed by atoms with Gasteiger partial charge in [-0.15, -0.1) is 10.2 Å². The van der Waals surface area contributed by atoms with Gasteiger partial charge in [0.05, 0.1) is 0 Å². The Kier molecular flexibility index (Phi) is 5.11. The number of aromatic nitrogens is 2. The molecule has 1 aromatic heterocycles. The standard InChI is InChI=1S/C13H21N3OS/c1-2-3-4-9-11-15-16-13(18-11)14-12(17)10-7-5-6-8-10/h10H,2-9H2,1H3,(H,14,16,17). The van der Waals surface area contributed by atoms with E-state index >= 15 is 0 Å². The van der Waals surface area contributed by atoms with Crippen molar-refractivity contribution in [2.75, 3.05) is 5.32 Å². The zero-order chi connectivity index (χ0) is 12.8. The first-order valence-electron chi connectivity index (χ1n) is 6.93. The Bertz CT molecular complexity index is 385. The lowest BCUT2D eigenvalue weighted by Gasteiger charge is -2.06. The minimum atomic E-state index is 0.128. The summed E-state index contributed by atoms with van der Waals surface area (Å²) in [5.41, 5.74) is 0. The van der Waals surface area contributed by atoms with Gasteiger partial charge in [-0.05, 0) is 19.3 Å². The number of nitrogens with zero attached hydrogens (tertiary/aromatic N) is 2. The van der Waals surface area contributed by atoms with Gasteiger partial charge >= 0.3 is 0 Å². The van der Waals surface area contributed by atoms with Crippen LogP contribution >= 0.6 is 11.3 Å². The summed E-state index contributed by atoms with van der Waals surface area (Å²) in [4.78, 5) is 11.9. The molecule has 0 spiro atoms. The second kappa shape index (κ2) is 6.83. The third kappa shape index (κ3) is 3.77. The van der Waals surface area contributed by atoms with Crippen LogP contribution in [0.4, 0.5) is 5.13 Å². The quantitative estimate of drug-likeness (QED) is 0.804. The van der Waals surface area contributed by atoms with Crippen LogP contribution in [0.1, 0.15) is 56.9 Å². The lowest BCUT2D eigenvalue weighted by atomic mass is 10.1. The van der Waals surface area contributed by atoms with Gasteiger partial charge in [0.15, 0.2) is 0 Å². The van der Waals surface area contributed by atoms with Crippen molar-refractivity contribution in [3.05, 3.63) is 5.01 Å². The van der Waals surface area contributed by atoms with Crippen LogP contribution in [0.15, 0.2) is 0 Å². The smallest absolute Gasteiger partial charge is 0.229 e. The third-order valence-corrected chi connectivity index (χ3v) is 4.32. The van der Waals surface area contributed by atoms with Gasteiger partial charge in [-0.2, -0.15) is 0 Å². The Morgan fingerprint density at radius 2 is 2.11 bits per heavy atom. The SMILES string of the molecule is CCCCCc1nnc(NC(=O)C2CCCC2)s1. The molecule has 5 heteroatoms. The molecular weight excluding hydrogens is 246 g/mol. The predicted molar refractivity (Wildman–Crippen MR) is 73.7 cm³/mol. The van der Waals surface area contributed by atoms with Crippen molar-refractivity contribution in [1.82, 2.24) is 10.2 Å². The Morgan fingerprint density at radius 1 is 1.33 bits per heavy atom. The summed E-state index contributed by atoms with van der Waals surface area (Å²) in [6.07, 6.45) is 8.97. The molecule has 1 aliphatic rings. The molecule has 1 aromatic rings. The first-order valence-corrected chi connectivity index (χ1v) is 7.74. The number of unbranched alkanes of at least 4 members (excludes halogenated alkanes) is 2. The maximum atomic E-state index is 11.9. The van der Waals surface area contributed by atoms with E-state index in [9.17, 15) is 4.79 Å². The average molecular weight is 267 g/mol. The van der Waals surface area contributed by atoms with Crippen molar-refractivity contribution in [3.8, 4) is 0 Å². The summed E-state index contributed by atoms with van der Waals surface area (Å²) in [6, 6.07) is 0. The van der Waals surface area contributed by atoms with Gasteiger partial charge < -0.3 is 5.32 Å². The lowest BCUT2D eigenvalue weighted by Crippen LogP contribution is -2.20. The maximum Gasteiger partial charge on any atom is 0.229 e. The highest BCUT2D eigenvalue weighted by Gasteiger charge is 2.23. The molecule has 100 valence electrons. The van der Waals surface area contributed by atoms with Crippen LogP contribution in [0.2, 0.25) is 0 Å². The first-order chi connectivity index (χ1) is 8.79. The molecule has 4 nitrogen and oxygen atoms in total. The highest BCUT2D eigenvalue weighted by Crippen LogP contribution is 2.26. The number of amides is 1. The molecular formula is C13H21N3OS. The van der Waals surface area contributed by atoms with Gasteiger partial charge in [-0.3, -0.25) is 4.79 Å². The fourth-order valence-corrected chi connectivity index (χ4v) is 3.11. The number of aryl methyl sites for hydroxylation is 1. The normalized spacial score (nSPS) is 16.1. The fourth-order valence-electron chi connectivity index (χ4n) is 2.33. The van der Waals surface area contributed by atoms with Crippen LogP contribution in [-0.4, -0.2) is 16.1 Å². The van der Waals surface area contributed by atoms with Crippen LogP contribution in [0.5, 0.6) is 0 Å². The molecule has 0 aliphatic heterocycles. The molecule has 0 aromatic carbocycles. The highest BCUT2D eigenvalue weighted by molar-refractivity contribution is 7.15. The maximum absolute atomic E-state index is 11.9. The molecule has 1 saturated carbocycles. The molecule has 18 heavy (non-hydrogen) atoms. The van der Waals surface area contributed by atoms with Crippen molar-refractivity contribution in [2.24, 2.45) is 5.92 Å². The Hall–Kier alpha value is -0.970. The van der Waals surface area contributed by atoms with E-state index in [0.29, 0.717) is 5.13 Å². The summed E-state index contributed by atoms with van der Waals surface area (Å²) in [5.74, 6) is 0.321. The van der Waals surface area contributed by atoms with Gasteiger partial charge in [-0.25, -0.2) is 0 Å². The van der Waals surface area contributed by atoms with Crippen molar-refractivity contribution in [2.45, 2.75) is 58.3 Å². The van der Waals surface area contributed by atoms with Crippen LogP contribution in [-0.2, 0) is 11.2 Å². The van der Waals surface area contributed by atoms with Crippen molar-refractivity contribution in [1.29, 1.82) is 0 Å². The molecule has 0 bridgehead atoms. The molecule has 0 unspecified atom stereocenters. The first kappa shape index (κ1) is 13.5. The van der Waals surface area contributed by atoms with E-state index in [-0.39, 0.29) is 11.8 Å². The van der Waals surface area contributed by atoms with E-state index in [2.05, 4.69) is 22.4 Å². The summed E-state index contributed by atoms with van der Waals surface area (Å²) in [6.45, 7) is 2.19. The molecule has 1 aliphatic carbocycles. The topological polar surface area (TPSA) is 54.9 Å². The van der Waals surface area contributed by atoms with E-state index in [1.165, 1.54) is 37.0 Å². The van der Waals surface area contributed by atoms with E-state index in [1.54, 1.807) is 0 Å². The molecule has 1 fully saturated rings. The number of carbonyl (C=O) groups excluding carboxylic acids is 1. The molecule has 1 heterocycles. The summed E-state index contributed by atoms with van der Waals surface area (Å²) >= 11 is 1.52. The van der Waals surface area contributed by atoms with Crippen molar-refractivity contribution in [3.63, 3.8) is 0 Å². The van der Waals surface area contributed by atoms with E-state index in [1.807, 2.05) is 0 Å². The van der Waals surface area contributed by atoms with Gasteiger partial charge in [0, 0.05) is 12.3 Å².